The predicted octanol–water partition coefficient (Wildman–Crippen LogP) is 1.43. The molecule has 1 aromatic carbocycles. The lowest BCUT2D eigenvalue weighted by Gasteiger charge is -2.25. The molecule has 1 aliphatic rings. The maximum Gasteiger partial charge on any atom is 0.230 e. The molecule has 0 spiro atoms. The number of likely N-dealkylation sites (N-methyl/N-ethyl adjacent to an activating group) is 1. The highest BCUT2D eigenvalue weighted by molar-refractivity contribution is 5.93. The van der Waals surface area contributed by atoms with E-state index in [1.54, 1.807) is 38.0 Å². The van der Waals surface area contributed by atoms with Crippen molar-refractivity contribution in [2.45, 2.75) is 19.3 Å². The fourth-order valence-corrected chi connectivity index (χ4v) is 3.06. The predicted molar refractivity (Wildman–Crippen MR) is 78.5 cm³/mol. The molecule has 0 fully saturated rings. The van der Waals surface area contributed by atoms with Gasteiger partial charge in [0.2, 0.25) is 11.8 Å². The van der Waals surface area contributed by atoms with E-state index in [9.17, 15) is 9.59 Å². The van der Waals surface area contributed by atoms with Crippen LogP contribution in [0.3, 0.4) is 0 Å². The number of benzene rings is 1. The molecule has 0 aromatic heterocycles. The maximum absolute atomic E-state index is 12.6. The Kier molecular flexibility index (Phi) is 3.84. The Hall–Kier alpha value is -1.84. The summed E-state index contributed by atoms with van der Waals surface area (Å²) in [5.74, 6) is -0.592. The summed E-state index contributed by atoms with van der Waals surface area (Å²) < 4.78 is 0. The number of aryl methyl sites for hydroxylation is 1. The van der Waals surface area contributed by atoms with Gasteiger partial charge in [0.1, 0.15) is 0 Å². The second-order valence-electron chi connectivity index (χ2n) is 5.90. The van der Waals surface area contributed by atoms with Crippen molar-refractivity contribution in [3.8, 4) is 0 Å². The van der Waals surface area contributed by atoms with Gasteiger partial charge in [0.15, 0.2) is 0 Å². The number of rotatable bonds is 2. The lowest BCUT2D eigenvalue weighted by Crippen LogP contribution is -2.38. The molecule has 1 aromatic rings. The summed E-state index contributed by atoms with van der Waals surface area (Å²) in [6.07, 6.45) is 0.651. The van der Waals surface area contributed by atoms with Gasteiger partial charge in [0.05, 0.1) is 11.8 Å². The van der Waals surface area contributed by atoms with Gasteiger partial charge in [-0.2, -0.15) is 0 Å². The van der Waals surface area contributed by atoms with Gasteiger partial charge in [-0.3, -0.25) is 9.59 Å². The van der Waals surface area contributed by atoms with Crippen molar-refractivity contribution in [3.05, 3.63) is 34.9 Å². The van der Waals surface area contributed by atoms with E-state index in [1.807, 2.05) is 25.1 Å². The number of carbonyl (C=O) groups excluding carboxylic acids is 2. The molecule has 0 aliphatic heterocycles. The second-order valence-corrected chi connectivity index (χ2v) is 5.90. The molecule has 108 valence electrons. The molecule has 2 amide bonds. The number of fused-ring (bicyclic) bond motifs is 1. The Morgan fingerprint density at radius 2 is 1.65 bits per heavy atom. The maximum atomic E-state index is 12.6. The topological polar surface area (TPSA) is 40.6 Å². The standard InChI is InChI=1S/C16H22N2O2/c1-10-7-6-8-11-9-12(15(19)17(2)3)14(13(10)11)16(20)18(4)5/h6-8,12,14H,9H2,1-5H3/t12-,14-/m1/s1. The van der Waals surface area contributed by atoms with Crippen LogP contribution in [0, 0.1) is 12.8 Å². The zero-order chi connectivity index (χ0) is 15.0. The van der Waals surface area contributed by atoms with E-state index in [0.29, 0.717) is 6.42 Å². The van der Waals surface area contributed by atoms with Crippen molar-refractivity contribution in [2.75, 3.05) is 28.2 Å². The Labute approximate surface area is 120 Å². The van der Waals surface area contributed by atoms with Crippen LogP contribution in [0.25, 0.3) is 0 Å². The smallest absolute Gasteiger partial charge is 0.230 e. The van der Waals surface area contributed by atoms with E-state index < -0.39 is 0 Å². The average molecular weight is 274 g/mol. The average Bonchev–Trinajstić information content (AvgIpc) is 2.77. The molecule has 2 atom stereocenters. The van der Waals surface area contributed by atoms with E-state index in [-0.39, 0.29) is 23.7 Å². The highest BCUT2D eigenvalue weighted by Crippen LogP contribution is 2.41. The van der Waals surface area contributed by atoms with Crippen LogP contribution in [0.15, 0.2) is 18.2 Å². The van der Waals surface area contributed by atoms with Crippen LogP contribution in [0.4, 0.5) is 0 Å². The molecule has 0 heterocycles. The van der Waals surface area contributed by atoms with Crippen LogP contribution in [0.5, 0.6) is 0 Å². The summed E-state index contributed by atoms with van der Waals surface area (Å²) in [7, 11) is 6.98. The number of nitrogens with zero attached hydrogens (tertiary/aromatic N) is 2. The fraction of sp³-hybridized carbons (Fsp3) is 0.500. The third-order valence-electron chi connectivity index (χ3n) is 4.03. The van der Waals surface area contributed by atoms with Crippen LogP contribution in [-0.4, -0.2) is 49.8 Å². The number of amides is 2. The van der Waals surface area contributed by atoms with Crippen molar-refractivity contribution >= 4 is 11.8 Å². The SMILES string of the molecule is Cc1cccc2c1[C@H](C(=O)N(C)C)[C@H](C(=O)N(C)C)C2. The van der Waals surface area contributed by atoms with Crippen molar-refractivity contribution in [2.24, 2.45) is 5.92 Å². The zero-order valence-electron chi connectivity index (χ0n) is 12.8. The summed E-state index contributed by atoms with van der Waals surface area (Å²) in [5, 5.41) is 0. The van der Waals surface area contributed by atoms with E-state index in [4.69, 9.17) is 0 Å². The quantitative estimate of drug-likeness (QED) is 0.818. The number of hydrogen-bond donors (Lipinski definition) is 0. The molecule has 1 aliphatic carbocycles. The summed E-state index contributed by atoms with van der Waals surface area (Å²) >= 11 is 0. The monoisotopic (exact) mass is 274 g/mol. The lowest BCUT2D eigenvalue weighted by molar-refractivity contribution is -0.139. The van der Waals surface area contributed by atoms with Gasteiger partial charge in [0, 0.05) is 28.2 Å². The van der Waals surface area contributed by atoms with Gasteiger partial charge in [0.25, 0.3) is 0 Å². The summed E-state index contributed by atoms with van der Waals surface area (Å²) in [5.41, 5.74) is 3.27. The first kappa shape index (κ1) is 14.6. The minimum Gasteiger partial charge on any atom is -0.349 e. The Morgan fingerprint density at radius 3 is 2.20 bits per heavy atom. The highest BCUT2D eigenvalue weighted by Gasteiger charge is 2.43. The van der Waals surface area contributed by atoms with Crippen LogP contribution in [0.2, 0.25) is 0 Å². The van der Waals surface area contributed by atoms with E-state index in [2.05, 4.69) is 0 Å². The van der Waals surface area contributed by atoms with Crippen molar-refractivity contribution in [1.82, 2.24) is 9.80 Å². The third-order valence-corrected chi connectivity index (χ3v) is 4.03. The van der Waals surface area contributed by atoms with Gasteiger partial charge < -0.3 is 9.80 Å². The molecule has 0 unspecified atom stereocenters. The zero-order valence-corrected chi connectivity index (χ0v) is 12.8. The molecule has 0 saturated carbocycles. The first-order valence-corrected chi connectivity index (χ1v) is 6.85. The highest BCUT2D eigenvalue weighted by atomic mass is 16.2. The molecule has 2 rings (SSSR count). The van der Waals surface area contributed by atoms with E-state index in [1.165, 1.54) is 0 Å². The molecular weight excluding hydrogens is 252 g/mol. The van der Waals surface area contributed by atoms with E-state index >= 15 is 0 Å². The van der Waals surface area contributed by atoms with Crippen LogP contribution in [-0.2, 0) is 16.0 Å². The van der Waals surface area contributed by atoms with Crippen LogP contribution >= 0.6 is 0 Å². The molecule has 0 bridgehead atoms. The van der Waals surface area contributed by atoms with Gasteiger partial charge >= 0.3 is 0 Å². The minimum absolute atomic E-state index is 0.0123. The molecular formula is C16H22N2O2. The fourth-order valence-electron chi connectivity index (χ4n) is 3.06. The van der Waals surface area contributed by atoms with E-state index in [0.717, 1.165) is 16.7 Å². The van der Waals surface area contributed by atoms with Crippen molar-refractivity contribution in [1.29, 1.82) is 0 Å². The van der Waals surface area contributed by atoms with Crippen LogP contribution in [0.1, 0.15) is 22.6 Å². The first-order chi connectivity index (χ1) is 9.34. The third kappa shape index (κ3) is 2.30. The molecule has 4 nitrogen and oxygen atoms in total. The number of hydrogen-bond acceptors (Lipinski definition) is 2. The van der Waals surface area contributed by atoms with Gasteiger partial charge in [-0.05, 0) is 30.0 Å². The molecule has 0 radical (unpaired) electrons. The summed E-state index contributed by atoms with van der Waals surface area (Å²) in [6.45, 7) is 2.01. The van der Waals surface area contributed by atoms with Crippen molar-refractivity contribution < 1.29 is 9.59 Å². The van der Waals surface area contributed by atoms with Gasteiger partial charge in [-0.15, -0.1) is 0 Å². The Balaban J connectivity index is 2.50. The van der Waals surface area contributed by atoms with Crippen molar-refractivity contribution in [3.63, 3.8) is 0 Å². The lowest BCUT2D eigenvalue weighted by atomic mass is 9.88. The largest absolute Gasteiger partial charge is 0.349 e. The first-order valence-electron chi connectivity index (χ1n) is 6.85. The normalized spacial score (nSPS) is 20.4. The Morgan fingerprint density at radius 1 is 1.05 bits per heavy atom. The Bertz CT molecular complexity index is 549. The molecule has 0 saturated heterocycles. The minimum atomic E-state index is -0.351. The number of carbonyl (C=O) groups is 2. The van der Waals surface area contributed by atoms with Gasteiger partial charge in [-0.25, -0.2) is 0 Å². The molecule has 4 heteroatoms. The summed E-state index contributed by atoms with van der Waals surface area (Å²) in [4.78, 5) is 28.1. The second kappa shape index (κ2) is 5.27. The molecule has 20 heavy (non-hydrogen) atoms. The summed E-state index contributed by atoms with van der Waals surface area (Å²) in [6, 6.07) is 6.03. The van der Waals surface area contributed by atoms with Gasteiger partial charge in [-0.1, -0.05) is 18.2 Å². The van der Waals surface area contributed by atoms with Crippen LogP contribution < -0.4 is 0 Å². The molecule has 0 N–H and O–H groups in total.